The molecule has 16 heteroatoms. The molecule has 0 atom stereocenters. The number of carbonyl (C=O) groups is 3. The third-order valence-corrected chi connectivity index (χ3v) is 9.84. The van der Waals surface area contributed by atoms with Gasteiger partial charge in [0.25, 0.3) is 5.91 Å². The zero-order chi connectivity index (χ0) is 40.8. The van der Waals surface area contributed by atoms with Gasteiger partial charge in [-0.05, 0) is 78.2 Å². The maximum Gasteiger partial charge on any atom is 0.415 e. The number of azo groups is 1. The van der Waals surface area contributed by atoms with Crippen molar-refractivity contribution in [1.29, 1.82) is 0 Å². The zero-order valence-electron chi connectivity index (χ0n) is 32.6. The molecule has 3 N–H and O–H groups in total. The Bertz CT molecular complexity index is 2390. The van der Waals surface area contributed by atoms with E-state index in [2.05, 4.69) is 31.5 Å². The number of carbonyl (C=O) groups excluding carboxylic acids is 3. The van der Waals surface area contributed by atoms with E-state index in [0.717, 1.165) is 40.9 Å². The zero-order valence-corrected chi connectivity index (χ0v) is 32.6. The molecule has 3 heterocycles. The fourth-order valence-electron chi connectivity index (χ4n) is 6.52. The molecule has 0 saturated carbocycles. The molecule has 0 bridgehead atoms. The first-order valence-corrected chi connectivity index (χ1v) is 18.7. The first kappa shape index (κ1) is 39.3. The number of benzene rings is 4. The molecule has 300 valence electrons. The van der Waals surface area contributed by atoms with Crippen LogP contribution < -0.4 is 34.1 Å². The Hall–Kier alpha value is -6.94. The molecule has 0 spiro atoms. The van der Waals surface area contributed by atoms with Gasteiger partial charge in [-0.15, -0.1) is 0 Å². The standard InChI is InChI=1S/C42H43N7O9/c1-43-14-17-47(2)41(52)55-24-26-5-8-29(9-6-26)45-46-30-10-11-35(50)32(21-30)40(51)44-15-18-48(3)42(53)58-39-33-23-49-16-13-28-20-37-38(57-25-56-37)22-31(28)34(49)19-27(33)7-12-36(39)54-4/h5-12,19-23,43H,13-18,24-25H2,1-4H3,(H-,44,45,50,51)/p+1. The molecule has 0 aliphatic carbocycles. The molecule has 0 radical (unpaired) electrons. The molecule has 0 fully saturated rings. The van der Waals surface area contributed by atoms with E-state index in [1.54, 1.807) is 44.4 Å². The van der Waals surface area contributed by atoms with E-state index in [1.165, 1.54) is 40.7 Å². The molecule has 2 aliphatic rings. The van der Waals surface area contributed by atoms with Gasteiger partial charge < -0.3 is 49.2 Å². The van der Waals surface area contributed by atoms with E-state index >= 15 is 0 Å². The molecule has 5 aromatic rings. The second-order valence-corrected chi connectivity index (χ2v) is 13.8. The van der Waals surface area contributed by atoms with E-state index < -0.39 is 18.1 Å². The topological polar surface area (TPSA) is 177 Å². The van der Waals surface area contributed by atoms with Gasteiger partial charge in [0, 0.05) is 52.8 Å². The van der Waals surface area contributed by atoms with Crippen LogP contribution in [-0.4, -0.2) is 94.2 Å². The predicted octanol–water partition coefficient (Wildman–Crippen LogP) is 5.86. The number of aromatic nitrogens is 1. The summed E-state index contributed by atoms with van der Waals surface area (Å²) >= 11 is 0. The molecule has 58 heavy (non-hydrogen) atoms. The van der Waals surface area contributed by atoms with Crippen LogP contribution in [0, 0.1) is 0 Å². The van der Waals surface area contributed by atoms with Crippen molar-refractivity contribution < 1.29 is 47.7 Å². The Morgan fingerprint density at radius 3 is 2.38 bits per heavy atom. The summed E-state index contributed by atoms with van der Waals surface area (Å²) in [6.07, 6.45) is 1.70. The maximum atomic E-state index is 13.4. The van der Waals surface area contributed by atoms with Crippen molar-refractivity contribution in [3.63, 3.8) is 0 Å². The highest BCUT2D eigenvalue weighted by atomic mass is 16.7. The highest BCUT2D eigenvalue weighted by molar-refractivity contribution is 5.97. The number of hydrogen-bond donors (Lipinski definition) is 3. The Balaban J connectivity index is 0.945. The third kappa shape index (κ3) is 8.71. The third-order valence-electron chi connectivity index (χ3n) is 9.84. The monoisotopic (exact) mass is 790 g/mol. The predicted molar refractivity (Wildman–Crippen MR) is 212 cm³/mol. The van der Waals surface area contributed by atoms with Gasteiger partial charge in [-0.25, -0.2) is 9.59 Å². The average Bonchev–Trinajstić information content (AvgIpc) is 3.71. The van der Waals surface area contributed by atoms with Crippen LogP contribution in [0.25, 0.3) is 22.0 Å². The second-order valence-electron chi connectivity index (χ2n) is 13.8. The van der Waals surface area contributed by atoms with Crippen molar-refractivity contribution in [1.82, 2.24) is 20.4 Å². The number of likely N-dealkylation sites (N-methyl/N-ethyl adjacent to an activating group) is 3. The van der Waals surface area contributed by atoms with Crippen LogP contribution in [0.3, 0.4) is 0 Å². The number of aromatic hydroxyl groups is 1. The van der Waals surface area contributed by atoms with E-state index in [9.17, 15) is 19.5 Å². The van der Waals surface area contributed by atoms with Crippen LogP contribution >= 0.6 is 0 Å². The number of aryl methyl sites for hydroxylation is 2. The lowest BCUT2D eigenvalue weighted by atomic mass is 9.95. The lowest BCUT2D eigenvalue weighted by Crippen LogP contribution is -2.40. The summed E-state index contributed by atoms with van der Waals surface area (Å²) in [5, 5.41) is 26.2. The average molecular weight is 791 g/mol. The quantitative estimate of drug-likeness (QED) is 0.0968. The van der Waals surface area contributed by atoms with E-state index in [4.69, 9.17) is 23.7 Å². The smallest absolute Gasteiger partial charge is 0.415 e. The van der Waals surface area contributed by atoms with Crippen molar-refractivity contribution in [3.05, 3.63) is 95.7 Å². The number of amides is 3. The van der Waals surface area contributed by atoms with Gasteiger partial charge >= 0.3 is 12.2 Å². The highest BCUT2D eigenvalue weighted by Gasteiger charge is 2.29. The summed E-state index contributed by atoms with van der Waals surface area (Å²) in [6, 6.07) is 21.1. The Morgan fingerprint density at radius 1 is 0.879 bits per heavy atom. The van der Waals surface area contributed by atoms with Crippen LogP contribution in [0.15, 0.2) is 89.2 Å². The van der Waals surface area contributed by atoms with Gasteiger partial charge in [-0.2, -0.15) is 14.8 Å². The lowest BCUT2D eigenvalue weighted by molar-refractivity contribution is -0.686. The van der Waals surface area contributed by atoms with Crippen molar-refractivity contribution in [2.75, 3.05) is 61.2 Å². The number of phenols is 1. The van der Waals surface area contributed by atoms with Crippen LogP contribution in [-0.2, 0) is 24.3 Å². The molecule has 4 aromatic carbocycles. The molecule has 0 unspecified atom stereocenters. The number of fused-ring (bicyclic) bond motifs is 5. The van der Waals surface area contributed by atoms with Crippen molar-refractivity contribution in [2.24, 2.45) is 10.2 Å². The van der Waals surface area contributed by atoms with Gasteiger partial charge in [0.1, 0.15) is 12.4 Å². The molecule has 16 nitrogen and oxygen atoms in total. The van der Waals surface area contributed by atoms with Crippen LogP contribution in [0.4, 0.5) is 21.0 Å². The van der Waals surface area contributed by atoms with Gasteiger partial charge in [0.2, 0.25) is 12.5 Å². The number of hydrogen-bond acceptors (Lipinski definition) is 12. The molecule has 7 rings (SSSR count). The van der Waals surface area contributed by atoms with Crippen LogP contribution in [0.1, 0.15) is 21.5 Å². The van der Waals surface area contributed by atoms with Gasteiger partial charge in [-0.1, -0.05) is 12.1 Å². The fraction of sp³-hybridized carbons (Fsp3) is 0.286. The Labute approximate surface area is 334 Å². The van der Waals surface area contributed by atoms with Crippen LogP contribution in [0.5, 0.6) is 28.7 Å². The Kier molecular flexibility index (Phi) is 11.8. The number of pyridine rings is 1. The van der Waals surface area contributed by atoms with Crippen molar-refractivity contribution >= 4 is 40.2 Å². The van der Waals surface area contributed by atoms with Crippen molar-refractivity contribution in [3.8, 4) is 40.0 Å². The molecular formula is C42H44N7O9+. The number of ether oxygens (including phenoxy) is 5. The maximum absolute atomic E-state index is 13.4. The largest absolute Gasteiger partial charge is 0.507 e. The van der Waals surface area contributed by atoms with Gasteiger partial charge in [-0.3, -0.25) is 4.79 Å². The second kappa shape index (κ2) is 17.5. The van der Waals surface area contributed by atoms with E-state index in [-0.39, 0.29) is 43.6 Å². The number of nitrogens with zero attached hydrogens (tertiary/aromatic N) is 5. The normalized spacial score (nSPS) is 12.5. The van der Waals surface area contributed by atoms with Crippen LogP contribution in [0.2, 0.25) is 0 Å². The minimum Gasteiger partial charge on any atom is -0.507 e. The SMILES string of the molecule is CNCCN(C)C(=O)OCc1ccc(N=Nc2ccc(O)c(C(=O)NCCN(C)C(=O)Oc3c(OC)ccc4cc5[n+](cc34)CCc3cc4c(cc3-5)OCO4)c2)cc1. The number of phenolic OH excluding ortho intramolecular Hbond substituents is 1. The summed E-state index contributed by atoms with van der Waals surface area (Å²) in [5.41, 5.74) is 4.89. The summed E-state index contributed by atoms with van der Waals surface area (Å²) in [7, 11) is 6.56. The molecule has 3 amide bonds. The minimum absolute atomic E-state index is 0.00674. The fourth-order valence-corrected chi connectivity index (χ4v) is 6.52. The highest BCUT2D eigenvalue weighted by Crippen LogP contribution is 2.42. The van der Waals surface area contributed by atoms with E-state index in [1.807, 2.05) is 31.4 Å². The van der Waals surface area contributed by atoms with E-state index in [0.29, 0.717) is 41.3 Å². The van der Waals surface area contributed by atoms with Gasteiger partial charge in [0.15, 0.2) is 35.7 Å². The number of rotatable bonds is 13. The number of nitrogens with one attached hydrogen (secondary N) is 2. The lowest BCUT2D eigenvalue weighted by Gasteiger charge is -2.20. The molecule has 1 aromatic heterocycles. The summed E-state index contributed by atoms with van der Waals surface area (Å²) < 4.78 is 30.2. The first-order valence-electron chi connectivity index (χ1n) is 18.7. The minimum atomic E-state index is -0.645. The summed E-state index contributed by atoms with van der Waals surface area (Å²) in [4.78, 5) is 41.4. The molecular weight excluding hydrogens is 747 g/mol. The van der Waals surface area contributed by atoms with Gasteiger partial charge in [0.05, 0.1) is 35.0 Å². The molecule has 0 saturated heterocycles. The molecule has 2 aliphatic heterocycles. The number of methoxy groups -OCH3 is 1. The summed E-state index contributed by atoms with van der Waals surface area (Å²) in [5.74, 6) is 1.35. The Morgan fingerprint density at radius 2 is 1.60 bits per heavy atom. The first-order chi connectivity index (χ1) is 28.1. The summed E-state index contributed by atoms with van der Waals surface area (Å²) in [6.45, 7) is 2.39. The van der Waals surface area contributed by atoms with Crippen molar-refractivity contribution in [2.45, 2.75) is 19.6 Å².